The lowest BCUT2D eigenvalue weighted by molar-refractivity contribution is -0.117. The standard InChI is InChI=1S/C17H21N3O2/c1-11-6-5-9-14-18-12(2)16(17(22)20(11)14)19-15(21)10-13-7-3-4-8-13/h5-6,9,13H,3-4,7-8,10H2,1-2H3,(H,19,21). The van der Waals surface area contributed by atoms with Crippen LogP contribution in [0.2, 0.25) is 0 Å². The van der Waals surface area contributed by atoms with Crippen molar-refractivity contribution < 1.29 is 4.79 Å². The lowest BCUT2D eigenvalue weighted by Crippen LogP contribution is -2.26. The number of hydrogen-bond acceptors (Lipinski definition) is 3. The Hall–Kier alpha value is -2.17. The summed E-state index contributed by atoms with van der Waals surface area (Å²) < 4.78 is 1.54. The summed E-state index contributed by atoms with van der Waals surface area (Å²) >= 11 is 0. The van der Waals surface area contributed by atoms with Gasteiger partial charge in [-0.15, -0.1) is 0 Å². The molecule has 1 fully saturated rings. The van der Waals surface area contributed by atoms with Crippen LogP contribution in [-0.2, 0) is 4.79 Å². The fourth-order valence-corrected chi connectivity index (χ4v) is 3.26. The van der Waals surface area contributed by atoms with Crippen LogP contribution >= 0.6 is 0 Å². The first kappa shape index (κ1) is 14.8. The molecule has 1 saturated carbocycles. The number of nitrogens with one attached hydrogen (secondary N) is 1. The largest absolute Gasteiger partial charge is 0.320 e. The number of anilines is 1. The molecular formula is C17H21N3O2. The van der Waals surface area contributed by atoms with Crippen molar-refractivity contribution in [2.75, 3.05) is 5.32 Å². The van der Waals surface area contributed by atoms with E-state index in [1.54, 1.807) is 13.0 Å². The van der Waals surface area contributed by atoms with E-state index in [2.05, 4.69) is 10.3 Å². The van der Waals surface area contributed by atoms with Gasteiger partial charge < -0.3 is 5.32 Å². The van der Waals surface area contributed by atoms with Crippen molar-refractivity contribution in [3.63, 3.8) is 0 Å². The number of pyridine rings is 1. The molecule has 1 N–H and O–H groups in total. The zero-order chi connectivity index (χ0) is 15.7. The molecule has 5 heteroatoms. The molecule has 0 aromatic carbocycles. The number of amides is 1. The van der Waals surface area contributed by atoms with Crippen LogP contribution in [0.4, 0.5) is 5.69 Å². The first-order valence-corrected chi connectivity index (χ1v) is 7.85. The molecule has 0 unspecified atom stereocenters. The minimum absolute atomic E-state index is 0.0811. The third-order valence-electron chi connectivity index (χ3n) is 4.44. The molecule has 0 bridgehead atoms. The highest BCUT2D eigenvalue weighted by Gasteiger charge is 2.20. The Morgan fingerprint density at radius 1 is 1.32 bits per heavy atom. The second-order valence-corrected chi connectivity index (χ2v) is 6.14. The molecule has 116 valence electrons. The first-order valence-electron chi connectivity index (χ1n) is 7.85. The van der Waals surface area contributed by atoms with E-state index in [4.69, 9.17) is 0 Å². The van der Waals surface area contributed by atoms with Crippen LogP contribution < -0.4 is 10.9 Å². The van der Waals surface area contributed by atoms with Crippen molar-refractivity contribution in [3.8, 4) is 0 Å². The summed E-state index contributed by atoms with van der Waals surface area (Å²) in [5.74, 6) is 0.376. The van der Waals surface area contributed by atoms with E-state index >= 15 is 0 Å². The minimum Gasteiger partial charge on any atom is -0.320 e. The average Bonchev–Trinajstić information content (AvgIpc) is 2.96. The van der Waals surface area contributed by atoms with Crippen LogP contribution in [0.1, 0.15) is 43.5 Å². The average molecular weight is 299 g/mol. The van der Waals surface area contributed by atoms with Crippen LogP contribution in [-0.4, -0.2) is 15.3 Å². The molecule has 22 heavy (non-hydrogen) atoms. The highest BCUT2D eigenvalue weighted by Crippen LogP contribution is 2.27. The number of aromatic nitrogens is 2. The van der Waals surface area contributed by atoms with Gasteiger partial charge in [0.2, 0.25) is 5.91 Å². The van der Waals surface area contributed by atoms with Crippen molar-refractivity contribution in [1.82, 2.24) is 9.38 Å². The molecule has 2 aromatic heterocycles. The Morgan fingerprint density at radius 3 is 2.77 bits per heavy atom. The van der Waals surface area contributed by atoms with E-state index in [0.717, 1.165) is 18.5 Å². The monoisotopic (exact) mass is 299 g/mol. The van der Waals surface area contributed by atoms with Gasteiger partial charge in [-0.2, -0.15) is 0 Å². The molecule has 0 aliphatic heterocycles. The molecule has 3 rings (SSSR count). The maximum Gasteiger partial charge on any atom is 0.282 e. The Balaban J connectivity index is 1.91. The maximum atomic E-state index is 12.7. The lowest BCUT2D eigenvalue weighted by atomic mass is 10.0. The number of carbonyl (C=O) groups is 1. The Kier molecular flexibility index (Phi) is 3.96. The van der Waals surface area contributed by atoms with E-state index < -0.39 is 0 Å². The molecule has 0 spiro atoms. The van der Waals surface area contributed by atoms with E-state index in [-0.39, 0.29) is 11.5 Å². The summed E-state index contributed by atoms with van der Waals surface area (Å²) in [7, 11) is 0. The number of aryl methyl sites for hydroxylation is 2. The van der Waals surface area contributed by atoms with E-state index in [1.807, 2.05) is 19.1 Å². The topological polar surface area (TPSA) is 63.5 Å². The second kappa shape index (κ2) is 5.91. The molecule has 0 atom stereocenters. The van der Waals surface area contributed by atoms with E-state index in [9.17, 15) is 9.59 Å². The van der Waals surface area contributed by atoms with Crippen LogP contribution in [0.25, 0.3) is 5.65 Å². The summed E-state index contributed by atoms with van der Waals surface area (Å²) in [5, 5.41) is 2.79. The van der Waals surface area contributed by atoms with Crippen molar-refractivity contribution >= 4 is 17.2 Å². The molecule has 1 amide bonds. The van der Waals surface area contributed by atoms with Crippen LogP contribution in [0.3, 0.4) is 0 Å². The van der Waals surface area contributed by atoms with Gasteiger partial charge in [0.05, 0.1) is 5.69 Å². The zero-order valence-electron chi connectivity index (χ0n) is 13.1. The maximum absolute atomic E-state index is 12.7. The molecule has 5 nitrogen and oxygen atoms in total. The van der Waals surface area contributed by atoms with Crippen LogP contribution in [0.5, 0.6) is 0 Å². The number of rotatable bonds is 3. The van der Waals surface area contributed by atoms with Gasteiger partial charge in [0.25, 0.3) is 5.56 Å². The lowest BCUT2D eigenvalue weighted by Gasteiger charge is -2.12. The molecular weight excluding hydrogens is 278 g/mol. The van der Waals surface area contributed by atoms with Crippen LogP contribution in [0.15, 0.2) is 23.0 Å². The molecule has 0 radical (unpaired) electrons. The zero-order valence-corrected chi connectivity index (χ0v) is 13.1. The first-order chi connectivity index (χ1) is 10.6. The van der Waals surface area contributed by atoms with Crippen molar-refractivity contribution in [1.29, 1.82) is 0 Å². The van der Waals surface area contributed by atoms with Crippen molar-refractivity contribution in [2.45, 2.75) is 46.0 Å². The van der Waals surface area contributed by atoms with Gasteiger partial charge in [-0.05, 0) is 44.7 Å². The Labute approximate surface area is 129 Å². The quantitative estimate of drug-likeness (QED) is 0.948. The molecule has 0 saturated heterocycles. The summed E-state index contributed by atoms with van der Waals surface area (Å²) in [6.07, 6.45) is 5.13. The number of carbonyl (C=O) groups excluding carboxylic acids is 1. The summed E-state index contributed by atoms with van der Waals surface area (Å²) in [4.78, 5) is 29.3. The van der Waals surface area contributed by atoms with Gasteiger partial charge in [-0.3, -0.25) is 14.0 Å². The number of hydrogen-bond donors (Lipinski definition) is 1. The molecule has 2 heterocycles. The normalized spacial score (nSPS) is 15.4. The predicted octanol–water partition coefficient (Wildman–Crippen LogP) is 2.83. The van der Waals surface area contributed by atoms with Gasteiger partial charge in [-0.1, -0.05) is 18.9 Å². The SMILES string of the molecule is Cc1nc2cccc(C)n2c(=O)c1NC(=O)CC1CCCC1. The van der Waals surface area contributed by atoms with E-state index in [1.165, 1.54) is 17.2 Å². The molecule has 1 aliphatic carbocycles. The number of nitrogens with zero attached hydrogens (tertiary/aromatic N) is 2. The fourth-order valence-electron chi connectivity index (χ4n) is 3.26. The summed E-state index contributed by atoms with van der Waals surface area (Å²) in [6, 6.07) is 5.52. The highest BCUT2D eigenvalue weighted by atomic mass is 16.2. The van der Waals surface area contributed by atoms with Gasteiger partial charge >= 0.3 is 0 Å². The smallest absolute Gasteiger partial charge is 0.282 e. The summed E-state index contributed by atoms with van der Waals surface area (Å²) in [5.41, 5.74) is 2.07. The third kappa shape index (κ3) is 2.75. The van der Waals surface area contributed by atoms with E-state index in [0.29, 0.717) is 29.4 Å². The Morgan fingerprint density at radius 2 is 2.05 bits per heavy atom. The minimum atomic E-state index is -0.208. The van der Waals surface area contributed by atoms with Gasteiger partial charge in [0, 0.05) is 12.1 Å². The van der Waals surface area contributed by atoms with Gasteiger partial charge in [-0.25, -0.2) is 4.98 Å². The highest BCUT2D eigenvalue weighted by molar-refractivity contribution is 5.91. The van der Waals surface area contributed by atoms with Gasteiger partial charge in [0.1, 0.15) is 11.3 Å². The summed E-state index contributed by atoms with van der Waals surface area (Å²) in [6.45, 7) is 3.62. The second-order valence-electron chi connectivity index (χ2n) is 6.14. The predicted molar refractivity (Wildman–Crippen MR) is 86.1 cm³/mol. The number of fused-ring (bicyclic) bond motifs is 1. The van der Waals surface area contributed by atoms with Crippen molar-refractivity contribution in [2.24, 2.45) is 5.92 Å². The van der Waals surface area contributed by atoms with Gasteiger partial charge in [0.15, 0.2) is 0 Å². The molecule has 1 aliphatic rings. The van der Waals surface area contributed by atoms with Crippen LogP contribution in [0, 0.1) is 19.8 Å². The van der Waals surface area contributed by atoms with Crippen molar-refractivity contribution in [3.05, 3.63) is 39.9 Å². The fraction of sp³-hybridized carbons (Fsp3) is 0.471. The third-order valence-corrected chi connectivity index (χ3v) is 4.44. The molecule has 2 aromatic rings. The Bertz CT molecular complexity index is 773.